The molecular weight excluding hydrogens is 436 g/mol. The summed E-state index contributed by atoms with van der Waals surface area (Å²) in [5, 5.41) is 6.88. The molecule has 1 aliphatic heterocycles. The lowest BCUT2D eigenvalue weighted by Gasteiger charge is -2.20. The predicted molar refractivity (Wildman–Crippen MR) is 133 cm³/mol. The molecule has 2 heterocycles. The maximum atomic E-state index is 13.4. The maximum Gasteiger partial charge on any atom is 0.279 e. The van der Waals surface area contributed by atoms with Gasteiger partial charge in [0.2, 0.25) is 4.80 Å². The molecule has 172 valence electrons. The predicted octanol–water partition coefficient (Wildman–Crippen LogP) is 4.55. The molecule has 2 aromatic carbocycles. The molecule has 0 unspecified atom stereocenters. The highest BCUT2D eigenvalue weighted by Gasteiger charge is 2.35. The first kappa shape index (κ1) is 22.8. The van der Waals surface area contributed by atoms with Gasteiger partial charge in [0.25, 0.3) is 5.91 Å². The normalized spacial score (nSPS) is 15.2. The highest BCUT2D eigenvalue weighted by Crippen LogP contribution is 2.35. The van der Waals surface area contributed by atoms with Crippen LogP contribution in [0.1, 0.15) is 33.3 Å². The first-order valence-corrected chi connectivity index (χ1v) is 11.7. The van der Waals surface area contributed by atoms with Crippen LogP contribution >= 0.6 is 11.3 Å². The molecule has 0 fully saturated rings. The van der Waals surface area contributed by atoms with Crippen molar-refractivity contribution in [1.82, 2.24) is 4.68 Å². The van der Waals surface area contributed by atoms with E-state index in [9.17, 15) is 4.79 Å². The second kappa shape index (κ2) is 9.23. The molecule has 0 N–H and O–H groups in total. The zero-order valence-corrected chi connectivity index (χ0v) is 20.5. The monoisotopic (exact) mass is 464 g/mol. The summed E-state index contributed by atoms with van der Waals surface area (Å²) >= 11 is 1.48. The minimum absolute atomic E-state index is 0.0137. The Labute approximate surface area is 197 Å². The minimum Gasteiger partial charge on any atom is -0.497 e. The first-order chi connectivity index (χ1) is 15.8. The summed E-state index contributed by atoms with van der Waals surface area (Å²) in [5.74, 6) is 1.23. The molecule has 0 spiro atoms. The van der Waals surface area contributed by atoms with Crippen LogP contribution in [0.3, 0.4) is 0 Å². The Morgan fingerprint density at radius 1 is 0.970 bits per heavy atom. The molecule has 0 radical (unpaired) electrons. The van der Waals surface area contributed by atoms with Crippen LogP contribution in [0.5, 0.6) is 11.5 Å². The molecule has 0 bridgehead atoms. The fourth-order valence-electron chi connectivity index (χ4n) is 3.83. The third-order valence-corrected chi connectivity index (χ3v) is 6.13. The van der Waals surface area contributed by atoms with Crippen molar-refractivity contribution in [2.45, 2.75) is 39.8 Å². The number of benzene rings is 2. The molecule has 0 saturated heterocycles. The van der Waals surface area contributed by atoms with Crippen molar-refractivity contribution in [3.8, 4) is 22.8 Å². The van der Waals surface area contributed by atoms with Crippen molar-refractivity contribution in [3.63, 3.8) is 0 Å². The van der Waals surface area contributed by atoms with Gasteiger partial charge in [0.05, 0.1) is 25.6 Å². The number of rotatable bonds is 6. The minimum atomic E-state index is -0.118. The van der Waals surface area contributed by atoms with Gasteiger partial charge in [-0.15, -0.1) is 11.3 Å². The Bertz CT molecular complexity index is 1290. The Morgan fingerprint density at radius 3 is 2.39 bits per heavy atom. The number of para-hydroxylation sites is 1. The molecule has 1 aromatic heterocycles. The molecule has 0 atom stereocenters. The van der Waals surface area contributed by atoms with Crippen molar-refractivity contribution < 1.29 is 14.3 Å². The second-order valence-electron chi connectivity index (χ2n) is 8.24. The largest absolute Gasteiger partial charge is 0.497 e. The van der Waals surface area contributed by atoms with Crippen LogP contribution in [-0.4, -0.2) is 42.6 Å². The fourth-order valence-corrected chi connectivity index (χ4v) is 4.79. The van der Waals surface area contributed by atoms with Crippen molar-refractivity contribution in [1.29, 1.82) is 0 Å². The number of aromatic nitrogens is 1. The fraction of sp³-hybridized carbons (Fsp3) is 0.320. The topological polar surface area (TPSA) is 68.4 Å². The van der Waals surface area contributed by atoms with Crippen molar-refractivity contribution >= 4 is 28.6 Å². The van der Waals surface area contributed by atoms with Crippen LogP contribution in [0.4, 0.5) is 5.69 Å². The lowest BCUT2D eigenvalue weighted by molar-refractivity contribution is -0.112. The maximum absolute atomic E-state index is 13.4. The Balaban J connectivity index is 1.96. The van der Waals surface area contributed by atoms with Crippen LogP contribution < -0.4 is 19.2 Å². The van der Waals surface area contributed by atoms with Crippen molar-refractivity contribution in [3.05, 3.63) is 58.2 Å². The van der Waals surface area contributed by atoms with E-state index in [0.29, 0.717) is 22.0 Å². The van der Waals surface area contributed by atoms with Gasteiger partial charge in [0, 0.05) is 34.7 Å². The summed E-state index contributed by atoms with van der Waals surface area (Å²) in [6.07, 6.45) is 0. The van der Waals surface area contributed by atoms with E-state index in [1.807, 2.05) is 75.5 Å². The quantitative estimate of drug-likeness (QED) is 0.537. The average molecular weight is 465 g/mol. The summed E-state index contributed by atoms with van der Waals surface area (Å²) in [5.41, 5.74) is 3.72. The molecule has 1 amide bonds. The van der Waals surface area contributed by atoms with E-state index < -0.39 is 0 Å². The summed E-state index contributed by atoms with van der Waals surface area (Å²) in [7, 11) is 3.24. The van der Waals surface area contributed by atoms with E-state index >= 15 is 0 Å². The van der Waals surface area contributed by atoms with E-state index in [2.05, 4.69) is 0 Å². The van der Waals surface area contributed by atoms with Gasteiger partial charge in [-0.05, 0) is 45.9 Å². The Kier molecular flexibility index (Phi) is 6.37. The molecule has 8 heteroatoms. The van der Waals surface area contributed by atoms with Crippen molar-refractivity contribution in [2.75, 3.05) is 19.1 Å². The summed E-state index contributed by atoms with van der Waals surface area (Å²) in [6, 6.07) is 13.5. The van der Waals surface area contributed by atoms with Gasteiger partial charge in [-0.1, -0.05) is 18.2 Å². The first-order valence-electron chi connectivity index (χ1n) is 10.8. The number of fused-ring (bicyclic) bond motifs is 1. The van der Waals surface area contributed by atoms with E-state index in [1.165, 1.54) is 11.3 Å². The number of nitrogens with zero attached hydrogens (tertiary/aromatic N) is 4. The van der Waals surface area contributed by atoms with Gasteiger partial charge >= 0.3 is 0 Å². The molecule has 3 aromatic rings. The van der Waals surface area contributed by atoms with Crippen LogP contribution in [0.15, 0.2) is 57.9 Å². The Hall–Kier alpha value is -3.39. The number of thiazole rings is 1. The number of anilines is 1. The average Bonchev–Trinajstić information content (AvgIpc) is 3.31. The summed E-state index contributed by atoms with van der Waals surface area (Å²) in [6.45, 7) is 8.04. The van der Waals surface area contributed by atoms with E-state index in [4.69, 9.17) is 19.6 Å². The molecule has 0 saturated carbocycles. The van der Waals surface area contributed by atoms with Crippen LogP contribution in [-0.2, 0) is 4.79 Å². The molecule has 1 aliphatic rings. The highest BCUT2D eigenvalue weighted by atomic mass is 32.1. The lowest BCUT2D eigenvalue weighted by atomic mass is 10.1. The molecular formula is C25H28N4O3S. The van der Waals surface area contributed by atoms with E-state index in [-0.39, 0.29) is 18.0 Å². The van der Waals surface area contributed by atoms with Gasteiger partial charge in [0.15, 0.2) is 5.71 Å². The number of carbonyl (C=O) groups is 1. The molecule has 4 rings (SSSR count). The van der Waals surface area contributed by atoms with Gasteiger partial charge < -0.3 is 14.4 Å². The number of hydrogen-bond acceptors (Lipinski definition) is 6. The zero-order chi connectivity index (χ0) is 23.7. The van der Waals surface area contributed by atoms with E-state index in [0.717, 1.165) is 22.5 Å². The van der Waals surface area contributed by atoms with Crippen LogP contribution in [0, 0.1) is 0 Å². The van der Waals surface area contributed by atoms with E-state index in [1.54, 1.807) is 23.8 Å². The van der Waals surface area contributed by atoms with Crippen LogP contribution in [0.2, 0.25) is 0 Å². The number of amides is 1. The van der Waals surface area contributed by atoms with Gasteiger partial charge in [0.1, 0.15) is 11.5 Å². The number of hydrogen-bond donors (Lipinski definition) is 0. The lowest BCUT2D eigenvalue weighted by Crippen LogP contribution is -2.36. The van der Waals surface area contributed by atoms with Crippen LogP contribution in [0.25, 0.3) is 11.3 Å². The molecule has 0 aliphatic carbocycles. The number of ether oxygens (including phenoxy) is 2. The molecule has 7 nitrogen and oxygen atoms in total. The molecule has 33 heavy (non-hydrogen) atoms. The smallest absolute Gasteiger partial charge is 0.279 e. The van der Waals surface area contributed by atoms with Gasteiger partial charge in [-0.25, -0.2) is 4.68 Å². The van der Waals surface area contributed by atoms with Crippen molar-refractivity contribution in [2.24, 2.45) is 10.1 Å². The highest BCUT2D eigenvalue weighted by molar-refractivity contribution is 7.07. The Morgan fingerprint density at radius 2 is 1.73 bits per heavy atom. The number of carbonyl (C=O) groups excluding carboxylic acids is 1. The summed E-state index contributed by atoms with van der Waals surface area (Å²) < 4.78 is 12.7. The second-order valence-corrected chi connectivity index (χ2v) is 9.08. The summed E-state index contributed by atoms with van der Waals surface area (Å²) in [4.78, 5) is 20.7. The number of methoxy groups -OCH3 is 2. The standard InChI is InChI=1S/C25H28N4O3S/c1-15(2)26-25-29(21(14-33-25)18-12-11-17(31-5)13-22(18)32-6)27-23-19-9-7-8-10-20(19)28(16(3)4)24(23)30/h7-16H,1-6H3. The SMILES string of the molecule is COc1ccc(-c2csc(=NC(C)C)n2N=C2C(=O)N(C(C)C)c3ccccc32)c(OC)c1. The third kappa shape index (κ3) is 4.18. The van der Waals surface area contributed by atoms with Gasteiger partial charge in [-0.3, -0.25) is 9.79 Å². The zero-order valence-electron chi connectivity index (χ0n) is 19.7. The third-order valence-electron chi connectivity index (χ3n) is 5.30. The van der Waals surface area contributed by atoms with Gasteiger partial charge in [-0.2, -0.15) is 5.10 Å².